The van der Waals surface area contributed by atoms with Gasteiger partial charge < -0.3 is 4.90 Å². The van der Waals surface area contributed by atoms with Crippen LogP contribution in [0.25, 0.3) is 0 Å². The zero-order valence-electron chi connectivity index (χ0n) is 11.9. The minimum absolute atomic E-state index is 0.545. The third-order valence-corrected chi connectivity index (χ3v) is 4.95. The Morgan fingerprint density at radius 2 is 1.74 bits per heavy atom. The minimum Gasteiger partial charge on any atom is -0.352 e. The molecule has 1 aromatic rings. The molecule has 2 aliphatic rings. The van der Waals surface area contributed by atoms with E-state index in [2.05, 4.69) is 26.8 Å². The van der Waals surface area contributed by atoms with Gasteiger partial charge in [-0.05, 0) is 40.2 Å². The van der Waals surface area contributed by atoms with E-state index in [1.54, 1.807) is 0 Å². The molecule has 4 nitrogen and oxygen atoms in total. The van der Waals surface area contributed by atoms with Gasteiger partial charge in [0.2, 0.25) is 0 Å². The second kappa shape index (κ2) is 4.91. The van der Waals surface area contributed by atoms with Gasteiger partial charge in [0.05, 0.1) is 11.4 Å². The van der Waals surface area contributed by atoms with Crippen LogP contribution in [0.4, 0.5) is 5.82 Å². The largest absolute Gasteiger partial charge is 0.352 e. The predicted octanol–water partition coefficient (Wildman–Crippen LogP) is 2.42. The Hall–Kier alpha value is -0.870. The highest BCUT2D eigenvalue weighted by molar-refractivity contribution is 6.31. The number of nitrogens with zero attached hydrogens (tertiary/aromatic N) is 4. The van der Waals surface area contributed by atoms with Crippen LogP contribution in [-0.4, -0.2) is 47.1 Å². The number of hydrogen-bond donors (Lipinski definition) is 0. The van der Waals surface area contributed by atoms with E-state index in [1.807, 2.05) is 13.8 Å². The van der Waals surface area contributed by atoms with Crippen molar-refractivity contribution in [2.75, 3.05) is 25.0 Å². The van der Waals surface area contributed by atoms with Crippen LogP contribution in [0.3, 0.4) is 0 Å². The van der Waals surface area contributed by atoms with Crippen molar-refractivity contribution in [3.05, 3.63) is 16.5 Å². The number of aromatic nitrogens is 2. The molecule has 2 atom stereocenters. The molecule has 104 valence electrons. The lowest BCUT2D eigenvalue weighted by Crippen LogP contribution is -2.37. The second-order valence-electron chi connectivity index (χ2n) is 5.79. The van der Waals surface area contributed by atoms with Crippen LogP contribution in [-0.2, 0) is 0 Å². The third-order valence-electron chi connectivity index (χ3n) is 4.70. The van der Waals surface area contributed by atoms with Gasteiger partial charge in [0.1, 0.15) is 0 Å². The fourth-order valence-corrected chi connectivity index (χ4v) is 3.55. The Bertz CT molecular complexity index is 491. The van der Waals surface area contributed by atoms with E-state index in [4.69, 9.17) is 11.6 Å². The molecule has 1 aromatic heterocycles. The van der Waals surface area contributed by atoms with Gasteiger partial charge in [0.15, 0.2) is 11.0 Å². The topological polar surface area (TPSA) is 32.3 Å². The fraction of sp³-hybridized carbons (Fsp3) is 0.714. The number of fused-ring (bicyclic) bond motifs is 2. The van der Waals surface area contributed by atoms with E-state index in [9.17, 15) is 0 Å². The second-order valence-corrected chi connectivity index (χ2v) is 6.15. The predicted molar refractivity (Wildman–Crippen MR) is 77.9 cm³/mol. The number of hydrogen-bond acceptors (Lipinski definition) is 4. The SMILES string of the molecule is Cc1nc(Cl)c(N2CCC3CCC(C2)N3C)nc1C. The zero-order valence-corrected chi connectivity index (χ0v) is 12.6. The normalized spacial score (nSPS) is 27.7. The molecule has 2 bridgehead atoms. The van der Waals surface area contributed by atoms with Gasteiger partial charge in [-0.25, -0.2) is 9.97 Å². The highest BCUT2D eigenvalue weighted by Gasteiger charge is 2.35. The first-order valence-corrected chi connectivity index (χ1v) is 7.41. The fourth-order valence-electron chi connectivity index (χ4n) is 3.27. The summed E-state index contributed by atoms with van der Waals surface area (Å²) in [4.78, 5) is 13.9. The molecule has 19 heavy (non-hydrogen) atoms. The monoisotopic (exact) mass is 280 g/mol. The van der Waals surface area contributed by atoms with Crippen molar-refractivity contribution in [1.82, 2.24) is 14.9 Å². The van der Waals surface area contributed by atoms with Crippen molar-refractivity contribution in [2.45, 2.75) is 45.2 Å². The van der Waals surface area contributed by atoms with Crippen LogP contribution in [0.5, 0.6) is 0 Å². The summed E-state index contributed by atoms with van der Waals surface area (Å²) in [5.74, 6) is 0.866. The van der Waals surface area contributed by atoms with E-state index < -0.39 is 0 Å². The van der Waals surface area contributed by atoms with E-state index in [1.165, 1.54) is 19.3 Å². The Morgan fingerprint density at radius 3 is 2.53 bits per heavy atom. The maximum Gasteiger partial charge on any atom is 0.171 e. The summed E-state index contributed by atoms with van der Waals surface area (Å²) in [5, 5.41) is 0.545. The summed E-state index contributed by atoms with van der Waals surface area (Å²) in [6.07, 6.45) is 3.81. The maximum absolute atomic E-state index is 6.30. The van der Waals surface area contributed by atoms with Gasteiger partial charge in [-0.3, -0.25) is 4.90 Å². The van der Waals surface area contributed by atoms with Crippen LogP contribution in [0.2, 0.25) is 5.15 Å². The van der Waals surface area contributed by atoms with Crippen LogP contribution in [0, 0.1) is 13.8 Å². The number of likely N-dealkylation sites (N-methyl/N-ethyl adjacent to an activating group) is 1. The number of rotatable bonds is 1. The van der Waals surface area contributed by atoms with Gasteiger partial charge in [0, 0.05) is 25.2 Å². The van der Waals surface area contributed by atoms with E-state index in [0.29, 0.717) is 11.2 Å². The van der Waals surface area contributed by atoms with Gasteiger partial charge in [-0.2, -0.15) is 0 Å². The van der Waals surface area contributed by atoms with Gasteiger partial charge in [-0.15, -0.1) is 0 Å². The van der Waals surface area contributed by atoms with Crippen LogP contribution < -0.4 is 4.90 Å². The summed E-state index contributed by atoms with van der Waals surface area (Å²) in [7, 11) is 2.25. The summed E-state index contributed by atoms with van der Waals surface area (Å²) in [6.45, 7) is 6.00. The average molecular weight is 281 g/mol. The summed E-state index contributed by atoms with van der Waals surface area (Å²) in [5.41, 5.74) is 1.89. The van der Waals surface area contributed by atoms with E-state index in [0.717, 1.165) is 36.3 Å². The first-order valence-electron chi connectivity index (χ1n) is 7.04. The Labute approximate surface area is 119 Å². The third kappa shape index (κ3) is 2.32. The molecule has 3 rings (SSSR count). The van der Waals surface area contributed by atoms with Crippen molar-refractivity contribution < 1.29 is 0 Å². The molecule has 0 aliphatic carbocycles. The first kappa shape index (κ1) is 13.1. The average Bonchev–Trinajstić information content (AvgIpc) is 2.59. The lowest BCUT2D eigenvalue weighted by atomic mass is 10.1. The van der Waals surface area contributed by atoms with Crippen LogP contribution >= 0.6 is 11.6 Å². The lowest BCUT2D eigenvalue weighted by Gasteiger charge is -2.27. The number of aryl methyl sites for hydroxylation is 2. The number of halogens is 1. The van der Waals surface area contributed by atoms with Crippen LogP contribution in [0.15, 0.2) is 0 Å². The molecule has 0 amide bonds. The number of anilines is 1. The Kier molecular flexibility index (Phi) is 3.39. The molecular formula is C14H21ClN4. The standard InChI is InChI=1S/C14H21ClN4/c1-9-10(2)17-14(13(15)16-9)19-7-6-11-4-5-12(8-19)18(11)3/h11-12H,4-8H2,1-3H3. The van der Waals surface area contributed by atoms with E-state index >= 15 is 0 Å². The van der Waals surface area contributed by atoms with Crippen molar-refractivity contribution >= 4 is 17.4 Å². The molecule has 0 aromatic carbocycles. The van der Waals surface area contributed by atoms with Crippen molar-refractivity contribution in [3.8, 4) is 0 Å². The summed E-state index contributed by atoms with van der Waals surface area (Å²) >= 11 is 6.30. The maximum atomic E-state index is 6.30. The smallest absolute Gasteiger partial charge is 0.171 e. The van der Waals surface area contributed by atoms with E-state index in [-0.39, 0.29) is 0 Å². The molecule has 0 radical (unpaired) electrons. The van der Waals surface area contributed by atoms with Crippen molar-refractivity contribution in [3.63, 3.8) is 0 Å². The highest BCUT2D eigenvalue weighted by Crippen LogP contribution is 2.32. The molecule has 2 unspecified atom stereocenters. The summed E-state index contributed by atoms with van der Waals surface area (Å²) in [6, 6.07) is 1.36. The molecule has 3 heterocycles. The molecule has 2 saturated heterocycles. The Morgan fingerprint density at radius 1 is 1.05 bits per heavy atom. The summed E-state index contributed by atoms with van der Waals surface area (Å²) < 4.78 is 0. The highest BCUT2D eigenvalue weighted by atomic mass is 35.5. The van der Waals surface area contributed by atoms with Crippen molar-refractivity contribution in [2.24, 2.45) is 0 Å². The molecule has 0 N–H and O–H groups in total. The molecule has 5 heteroatoms. The molecule has 2 aliphatic heterocycles. The van der Waals surface area contributed by atoms with Crippen molar-refractivity contribution in [1.29, 1.82) is 0 Å². The molecule has 2 fully saturated rings. The zero-order chi connectivity index (χ0) is 13.6. The molecule has 0 spiro atoms. The van der Waals surface area contributed by atoms with Crippen LogP contribution in [0.1, 0.15) is 30.7 Å². The van der Waals surface area contributed by atoms with Gasteiger partial charge >= 0.3 is 0 Å². The lowest BCUT2D eigenvalue weighted by molar-refractivity contribution is 0.254. The quantitative estimate of drug-likeness (QED) is 0.791. The Balaban J connectivity index is 1.89. The van der Waals surface area contributed by atoms with Gasteiger partial charge in [-0.1, -0.05) is 11.6 Å². The van der Waals surface area contributed by atoms with Gasteiger partial charge in [0.25, 0.3) is 0 Å². The molecular weight excluding hydrogens is 260 g/mol. The molecule has 0 saturated carbocycles. The first-order chi connectivity index (χ1) is 9.06. The minimum atomic E-state index is 0.545.